The Kier molecular flexibility index (Phi) is 2.52. The third-order valence-electron chi connectivity index (χ3n) is 1.57. The highest BCUT2D eigenvalue weighted by molar-refractivity contribution is 5.88. The molecule has 0 spiro atoms. The molecule has 0 amide bonds. The SMILES string of the molecule is CCOC(=O)C1=CCC(C)N1. The second kappa shape index (κ2) is 3.42. The van der Waals surface area contributed by atoms with E-state index in [1.165, 1.54) is 0 Å². The summed E-state index contributed by atoms with van der Waals surface area (Å²) in [5.74, 6) is -0.239. The van der Waals surface area contributed by atoms with Gasteiger partial charge in [-0.3, -0.25) is 0 Å². The predicted molar refractivity (Wildman–Crippen MR) is 41.9 cm³/mol. The second-order valence-corrected chi connectivity index (χ2v) is 2.62. The molecule has 0 radical (unpaired) electrons. The molecule has 1 heterocycles. The molecule has 3 heteroatoms. The summed E-state index contributed by atoms with van der Waals surface area (Å²) in [4.78, 5) is 11.0. The molecule has 0 aromatic rings. The average molecular weight is 155 g/mol. The van der Waals surface area contributed by atoms with E-state index in [0.29, 0.717) is 18.3 Å². The molecule has 1 atom stereocenters. The van der Waals surface area contributed by atoms with Crippen molar-refractivity contribution in [1.29, 1.82) is 0 Å². The van der Waals surface area contributed by atoms with Crippen molar-refractivity contribution in [2.75, 3.05) is 6.61 Å². The maximum absolute atomic E-state index is 11.0. The van der Waals surface area contributed by atoms with Crippen molar-refractivity contribution in [2.45, 2.75) is 26.3 Å². The molecule has 0 aromatic carbocycles. The van der Waals surface area contributed by atoms with Gasteiger partial charge in [-0.1, -0.05) is 6.08 Å². The molecule has 1 unspecified atom stereocenters. The molecular formula is C8H13NO2. The van der Waals surface area contributed by atoms with Crippen LogP contribution in [0, 0.1) is 0 Å². The summed E-state index contributed by atoms with van der Waals surface area (Å²) in [7, 11) is 0. The van der Waals surface area contributed by atoms with Gasteiger partial charge in [0.2, 0.25) is 0 Å². The Morgan fingerprint density at radius 2 is 2.64 bits per heavy atom. The van der Waals surface area contributed by atoms with Crippen LogP contribution in [-0.4, -0.2) is 18.6 Å². The first kappa shape index (κ1) is 8.11. The lowest BCUT2D eigenvalue weighted by atomic mass is 10.3. The van der Waals surface area contributed by atoms with E-state index in [2.05, 4.69) is 5.32 Å². The van der Waals surface area contributed by atoms with Gasteiger partial charge in [0.1, 0.15) is 5.70 Å². The lowest BCUT2D eigenvalue weighted by molar-refractivity contribution is -0.138. The number of esters is 1. The van der Waals surface area contributed by atoms with Gasteiger partial charge in [0, 0.05) is 6.04 Å². The average Bonchev–Trinajstić information content (AvgIpc) is 2.36. The molecule has 0 bridgehead atoms. The van der Waals surface area contributed by atoms with Crippen LogP contribution in [0.15, 0.2) is 11.8 Å². The third-order valence-corrected chi connectivity index (χ3v) is 1.57. The minimum absolute atomic E-state index is 0.239. The van der Waals surface area contributed by atoms with Crippen molar-refractivity contribution in [2.24, 2.45) is 0 Å². The maximum atomic E-state index is 11.0. The monoisotopic (exact) mass is 155 g/mol. The number of nitrogens with one attached hydrogen (secondary N) is 1. The van der Waals surface area contributed by atoms with Crippen molar-refractivity contribution in [3.8, 4) is 0 Å². The first-order chi connectivity index (χ1) is 5.24. The highest BCUT2D eigenvalue weighted by atomic mass is 16.5. The fraction of sp³-hybridized carbons (Fsp3) is 0.625. The molecule has 3 nitrogen and oxygen atoms in total. The molecule has 1 aliphatic rings. The number of carbonyl (C=O) groups excluding carboxylic acids is 1. The van der Waals surface area contributed by atoms with Gasteiger partial charge in [-0.25, -0.2) is 4.79 Å². The highest BCUT2D eigenvalue weighted by Gasteiger charge is 2.17. The van der Waals surface area contributed by atoms with Crippen LogP contribution < -0.4 is 5.32 Å². The molecule has 1 aliphatic heterocycles. The van der Waals surface area contributed by atoms with Crippen LogP contribution in [0.25, 0.3) is 0 Å². The Hall–Kier alpha value is -0.990. The summed E-state index contributed by atoms with van der Waals surface area (Å²) in [6.07, 6.45) is 2.79. The Balaban J connectivity index is 2.43. The van der Waals surface area contributed by atoms with Crippen LogP contribution in [0.5, 0.6) is 0 Å². The lowest BCUT2D eigenvalue weighted by Gasteiger charge is -2.06. The van der Waals surface area contributed by atoms with Gasteiger partial charge in [-0.05, 0) is 20.3 Å². The van der Waals surface area contributed by atoms with Crippen molar-refractivity contribution in [3.05, 3.63) is 11.8 Å². The molecule has 0 fully saturated rings. The van der Waals surface area contributed by atoms with E-state index in [1.54, 1.807) is 6.92 Å². The smallest absolute Gasteiger partial charge is 0.354 e. The van der Waals surface area contributed by atoms with Crippen LogP contribution >= 0.6 is 0 Å². The quantitative estimate of drug-likeness (QED) is 0.600. The number of hydrogen-bond acceptors (Lipinski definition) is 3. The van der Waals surface area contributed by atoms with Gasteiger partial charge in [-0.15, -0.1) is 0 Å². The van der Waals surface area contributed by atoms with Crippen LogP contribution in [0.1, 0.15) is 20.3 Å². The summed E-state index contributed by atoms with van der Waals surface area (Å²) in [5.41, 5.74) is 0.611. The zero-order chi connectivity index (χ0) is 8.27. The van der Waals surface area contributed by atoms with Crippen LogP contribution in [-0.2, 0) is 9.53 Å². The third kappa shape index (κ3) is 1.97. The van der Waals surface area contributed by atoms with Crippen molar-refractivity contribution < 1.29 is 9.53 Å². The lowest BCUT2D eigenvalue weighted by Crippen LogP contribution is -2.24. The molecule has 1 N–H and O–H groups in total. The van der Waals surface area contributed by atoms with Crippen LogP contribution in [0.2, 0.25) is 0 Å². The van der Waals surface area contributed by atoms with Crippen LogP contribution in [0.3, 0.4) is 0 Å². The second-order valence-electron chi connectivity index (χ2n) is 2.62. The van der Waals surface area contributed by atoms with E-state index < -0.39 is 0 Å². The number of rotatable bonds is 2. The molecule has 11 heavy (non-hydrogen) atoms. The van der Waals surface area contributed by atoms with Crippen molar-refractivity contribution >= 4 is 5.97 Å². The molecule has 62 valence electrons. The van der Waals surface area contributed by atoms with E-state index in [1.807, 2.05) is 13.0 Å². The zero-order valence-corrected chi connectivity index (χ0v) is 6.89. The van der Waals surface area contributed by atoms with Crippen LogP contribution in [0.4, 0.5) is 0 Å². The fourth-order valence-electron chi connectivity index (χ4n) is 1.03. The zero-order valence-electron chi connectivity index (χ0n) is 6.89. The Bertz CT molecular complexity index is 187. The van der Waals surface area contributed by atoms with Gasteiger partial charge < -0.3 is 10.1 Å². The first-order valence-corrected chi connectivity index (χ1v) is 3.88. The van der Waals surface area contributed by atoms with Gasteiger partial charge in [0.15, 0.2) is 0 Å². The van der Waals surface area contributed by atoms with Gasteiger partial charge in [0.25, 0.3) is 0 Å². The normalized spacial score (nSPS) is 22.4. The summed E-state index contributed by atoms with van der Waals surface area (Å²) >= 11 is 0. The van der Waals surface area contributed by atoms with E-state index in [-0.39, 0.29) is 5.97 Å². The first-order valence-electron chi connectivity index (χ1n) is 3.88. The predicted octanol–water partition coefficient (Wildman–Crippen LogP) is 0.815. The number of hydrogen-bond donors (Lipinski definition) is 1. The number of ether oxygens (including phenoxy) is 1. The molecular weight excluding hydrogens is 142 g/mol. The van der Waals surface area contributed by atoms with E-state index in [4.69, 9.17) is 4.74 Å². The molecule has 0 saturated carbocycles. The summed E-state index contributed by atoms with van der Waals surface area (Å²) in [6, 6.07) is 0.370. The molecule has 0 aliphatic carbocycles. The van der Waals surface area contributed by atoms with Crippen molar-refractivity contribution in [3.63, 3.8) is 0 Å². The Morgan fingerprint density at radius 3 is 3.09 bits per heavy atom. The van der Waals surface area contributed by atoms with Gasteiger partial charge in [0.05, 0.1) is 6.61 Å². The minimum Gasteiger partial charge on any atom is -0.461 e. The standard InChI is InChI=1S/C8H13NO2/c1-3-11-8(10)7-5-4-6(2)9-7/h5-6,9H,3-4H2,1-2H3. The van der Waals surface area contributed by atoms with E-state index in [9.17, 15) is 4.79 Å². The van der Waals surface area contributed by atoms with Gasteiger partial charge in [-0.2, -0.15) is 0 Å². The Labute approximate surface area is 66.4 Å². The molecule has 0 saturated heterocycles. The topological polar surface area (TPSA) is 38.3 Å². The number of carbonyl (C=O) groups is 1. The minimum atomic E-state index is -0.239. The summed E-state index contributed by atoms with van der Waals surface area (Å²) in [5, 5.41) is 3.02. The molecule has 0 aromatic heterocycles. The summed E-state index contributed by atoms with van der Waals surface area (Å²) < 4.78 is 4.80. The van der Waals surface area contributed by atoms with Crippen molar-refractivity contribution in [1.82, 2.24) is 5.32 Å². The fourth-order valence-corrected chi connectivity index (χ4v) is 1.03. The van der Waals surface area contributed by atoms with Gasteiger partial charge >= 0.3 is 5.97 Å². The highest BCUT2D eigenvalue weighted by Crippen LogP contribution is 2.08. The Morgan fingerprint density at radius 1 is 1.91 bits per heavy atom. The van der Waals surface area contributed by atoms with E-state index >= 15 is 0 Å². The van der Waals surface area contributed by atoms with E-state index in [0.717, 1.165) is 6.42 Å². The largest absolute Gasteiger partial charge is 0.461 e. The maximum Gasteiger partial charge on any atom is 0.354 e. The molecule has 1 rings (SSSR count). The summed E-state index contributed by atoms with van der Waals surface area (Å²) in [6.45, 7) is 4.27.